The summed E-state index contributed by atoms with van der Waals surface area (Å²) in [5.41, 5.74) is 7.10. The van der Waals surface area contributed by atoms with Gasteiger partial charge in [-0.3, -0.25) is 0 Å². The van der Waals surface area contributed by atoms with Crippen molar-refractivity contribution >= 4 is 5.69 Å². The first-order valence-corrected chi connectivity index (χ1v) is 7.89. The van der Waals surface area contributed by atoms with Gasteiger partial charge in [0.1, 0.15) is 0 Å². The van der Waals surface area contributed by atoms with Crippen molar-refractivity contribution in [3.63, 3.8) is 0 Å². The Labute approximate surface area is 147 Å². The number of benzene rings is 1. The van der Waals surface area contributed by atoms with Crippen molar-refractivity contribution in [2.45, 2.75) is 38.5 Å². The fourth-order valence-electron chi connectivity index (χ4n) is 3.53. The van der Waals surface area contributed by atoms with E-state index in [1.807, 2.05) is 0 Å². The summed E-state index contributed by atoms with van der Waals surface area (Å²) in [6.07, 6.45) is -9.05. The van der Waals surface area contributed by atoms with E-state index in [1.54, 1.807) is 6.92 Å². The van der Waals surface area contributed by atoms with Gasteiger partial charge in [0.25, 0.3) is 0 Å². The van der Waals surface area contributed by atoms with Crippen molar-refractivity contribution in [2.24, 2.45) is 17.6 Å². The Morgan fingerprint density at radius 2 is 1.46 bits per heavy atom. The van der Waals surface area contributed by atoms with Gasteiger partial charge in [-0.25, -0.2) is 0 Å². The zero-order valence-electron chi connectivity index (χ0n) is 14.5. The van der Waals surface area contributed by atoms with E-state index >= 15 is 0 Å². The average Bonchev–Trinajstić information content (AvgIpc) is 2.48. The predicted octanol–water partition coefficient (Wildman–Crippen LogP) is 4.99. The van der Waals surface area contributed by atoms with E-state index in [-0.39, 0.29) is 11.4 Å². The molecule has 0 bridgehead atoms. The molecule has 0 radical (unpaired) electrons. The molecule has 0 fully saturated rings. The summed E-state index contributed by atoms with van der Waals surface area (Å²) in [6.45, 7) is 4.33. The van der Waals surface area contributed by atoms with Crippen LogP contribution in [-0.2, 0) is 5.41 Å². The van der Waals surface area contributed by atoms with Gasteiger partial charge in [0.15, 0.2) is 5.41 Å². The topological polar surface area (TPSA) is 52.0 Å². The predicted molar refractivity (Wildman–Crippen MR) is 88.1 cm³/mol. The standard InChI is InChI=1S/C18H20F6N2/c1-9-4-6-12(8-14(9)25)16(17(19,20)21,18(22,23)24)13-7-5-10(2)15(26)11(13)3/h4-8,11,13H,25-26H2,1-3H3. The Morgan fingerprint density at radius 1 is 0.923 bits per heavy atom. The lowest BCUT2D eigenvalue weighted by Crippen LogP contribution is -2.60. The van der Waals surface area contributed by atoms with Crippen LogP contribution in [0.1, 0.15) is 25.0 Å². The molecule has 0 spiro atoms. The third-order valence-corrected chi connectivity index (χ3v) is 5.17. The number of hydrogen-bond acceptors (Lipinski definition) is 2. The van der Waals surface area contributed by atoms with Crippen LogP contribution in [0.4, 0.5) is 32.0 Å². The number of rotatable bonds is 2. The SMILES string of the molecule is CC1=C(N)C(C)C(C(c2ccc(C)c(N)c2)(C(F)(F)F)C(F)(F)F)C=C1. The molecule has 0 saturated heterocycles. The second-order valence-corrected chi connectivity index (χ2v) is 6.69. The van der Waals surface area contributed by atoms with E-state index in [0.29, 0.717) is 11.1 Å². The Balaban J connectivity index is 2.86. The van der Waals surface area contributed by atoms with Gasteiger partial charge in [0.05, 0.1) is 0 Å². The molecule has 1 aromatic carbocycles. The summed E-state index contributed by atoms with van der Waals surface area (Å²) in [5.74, 6) is -3.11. The van der Waals surface area contributed by atoms with Crippen molar-refractivity contribution in [3.05, 3.63) is 52.7 Å². The Morgan fingerprint density at radius 3 is 1.92 bits per heavy atom. The van der Waals surface area contributed by atoms with Crippen molar-refractivity contribution in [2.75, 3.05) is 5.73 Å². The Kier molecular flexibility index (Phi) is 4.85. The molecule has 26 heavy (non-hydrogen) atoms. The van der Waals surface area contributed by atoms with Gasteiger partial charge in [-0.15, -0.1) is 0 Å². The van der Waals surface area contributed by atoms with E-state index in [1.165, 1.54) is 26.0 Å². The molecule has 0 aliphatic heterocycles. The first-order valence-electron chi connectivity index (χ1n) is 7.89. The molecule has 1 aliphatic carbocycles. The number of allylic oxidation sites excluding steroid dienone is 4. The van der Waals surface area contributed by atoms with Crippen molar-refractivity contribution < 1.29 is 26.3 Å². The Bertz CT molecular complexity index is 744. The van der Waals surface area contributed by atoms with Crippen LogP contribution >= 0.6 is 0 Å². The van der Waals surface area contributed by atoms with Gasteiger partial charge in [0, 0.05) is 23.2 Å². The number of hydrogen-bond donors (Lipinski definition) is 2. The molecule has 2 nitrogen and oxygen atoms in total. The molecule has 2 unspecified atom stereocenters. The van der Waals surface area contributed by atoms with Gasteiger partial charge < -0.3 is 11.5 Å². The lowest BCUT2D eigenvalue weighted by molar-refractivity contribution is -0.317. The number of aryl methyl sites for hydroxylation is 1. The van der Waals surface area contributed by atoms with Gasteiger partial charge >= 0.3 is 12.4 Å². The van der Waals surface area contributed by atoms with Gasteiger partial charge in [-0.05, 0) is 36.6 Å². The number of nitrogens with two attached hydrogens (primary N) is 2. The quantitative estimate of drug-likeness (QED) is 0.562. The van der Waals surface area contributed by atoms with Crippen LogP contribution in [-0.4, -0.2) is 12.4 Å². The van der Waals surface area contributed by atoms with Gasteiger partial charge in [-0.1, -0.05) is 31.2 Å². The van der Waals surface area contributed by atoms with Crippen LogP contribution in [0.25, 0.3) is 0 Å². The zero-order chi connectivity index (χ0) is 20.1. The second kappa shape index (κ2) is 6.25. The van der Waals surface area contributed by atoms with Crippen LogP contribution in [0, 0.1) is 18.8 Å². The first-order chi connectivity index (χ1) is 11.7. The minimum absolute atomic E-state index is 0.00968. The van der Waals surface area contributed by atoms with Crippen LogP contribution in [0.15, 0.2) is 41.6 Å². The lowest BCUT2D eigenvalue weighted by Gasteiger charge is -2.46. The summed E-state index contributed by atoms with van der Waals surface area (Å²) < 4.78 is 84.7. The molecule has 2 rings (SSSR count). The molecular formula is C18H20F6N2. The molecule has 0 heterocycles. The van der Waals surface area contributed by atoms with E-state index < -0.39 is 35.2 Å². The summed E-state index contributed by atoms with van der Waals surface area (Å²) in [7, 11) is 0. The molecule has 2 atom stereocenters. The fourth-order valence-corrected chi connectivity index (χ4v) is 3.53. The highest BCUT2D eigenvalue weighted by molar-refractivity contribution is 5.52. The summed E-state index contributed by atoms with van der Waals surface area (Å²) in [5, 5.41) is 0. The minimum atomic E-state index is -5.61. The van der Waals surface area contributed by atoms with E-state index in [2.05, 4.69) is 0 Å². The molecule has 144 valence electrons. The van der Waals surface area contributed by atoms with Crippen molar-refractivity contribution in [1.82, 2.24) is 0 Å². The zero-order valence-corrected chi connectivity index (χ0v) is 14.5. The third kappa shape index (κ3) is 2.85. The minimum Gasteiger partial charge on any atom is -0.402 e. The summed E-state index contributed by atoms with van der Waals surface area (Å²) in [4.78, 5) is 0. The highest BCUT2D eigenvalue weighted by atomic mass is 19.4. The molecule has 1 aliphatic rings. The molecule has 0 amide bonds. The smallest absolute Gasteiger partial charge is 0.402 e. The van der Waals surface area contributed by atoms with Crippen LogP contribution in [0.3, 0.4) is 0 Å². The van der Waals surface area contributed by atoms with Crippen molar-refractivity contribution in [3.8, 4) is 0 Å². The monoisotopic (exact) mass is 378 g/mol. The number of halogens is 6. The highest BCUT2D eigenvalue weighted by Gasteiger charge is 2.75. The van der Waals surface area contributed by atoms with Gasteiger partial charge in [0.2, 0.25) is 0 Å². The second-order valence-electron chi connectivity index (χ2n) is 6.69. The molecule has 4 N–H and O–H groups in total. The molecule has 8 heteroatoms. The number of nitrogen functional groups attached to an aromatic ring is 1. The Hall–Kier alpha value is -2.12. The molecule has 1 aromatic rings. The first kappa shape index (κ1) is 20.2. The van der Waals surface area contributed by atoms with Crippen LogP contribution in [0.5, 0.6) is 0 Å². The third-order valence-electron chi connectivity index (χ3n) is 5.17. The highest BCUT2D eigenvalue weighted by Crippen LogP contribution is 2.60. The van der Waals surface area contributed by atoms with E-state index in [9.17, 15) is 26.3 Å². The maximum absolute atomic E-state index is 14.1. The van der Waals surface area contributed by atoms with E-state index in [4.69, 9.17) is 11.5 Å². The molecule has 0 saturated carbocycles. The van der Waals surface area contributed by atoms with Crippen molar-refractivity contribution in [1.29, 1.82) is 0 Å². The normalized spacial score (nSPS) is 22.0. The summed E-state index contributed by atoms with van der Waals surface area (Å²) >= 11 is 0. The number of anilines is 1. The van der Waals surface area contributed by atoms with E-state index in [0.717, 1.165) is 18.2 Å². The average molecular weight is 378 g/mol. The maximum atomic E-state index is 14.1. The van der Waals surface area contributed by atoms with Crippen LogP contribution in [0.2, 0.25) is 0 Å². The largest absolute Gasteiger partial charge is 0.407 e. The fraction of sp³-hybridized carbons (Fsp3) is 0.444. The maximum Gasteiger partial charge on any atom is 0.407 e. The summed E-state index contributed by atoms with van der Waals surface area (Å²) in [6, 6.07) is 2.77. The van der Waals surface area contributed by atoms with Crippen LogP contribution < -0.4 is 11.5 Å². The number of alkyl halides is 6. The lowest BCUT2D eigenvalue weighted by atomic mass is 9.62. The molecular weight excluding hydrogens is 358 g/mol. The molecule has 0 aromatic heterocycles. The van der Waals surface area contributed by atoms with Gasteiger partial charge in [-0.2, -0.15) is 26.3 Å².